The molecule has 0 aromatic heterocycles. The van der Waals surface area contributed by atoms with Gasteiger partial charge in [0, 0.05) is 12.2 Å². The van der Waals surface area contributed by atoms with E-state index in [0.29, 0.717) is 42.4 Å². The highest BCUT2D eigenvalue weighted by Gasteiger charge is 2.14. The van der Waals surface area contributed by atoms with Gasteiger partial charge >= 0.3 is 0 Å². The Kier molecular flexibility index (Phi) is 9.77. The van der Waals surface area contributed by atoms with Crippen LogP contribution >= 0.6 is 34.8 Å². The number of ether oxygens (including phenoxy) is 3. The normalized spacial score (nSPS) is 10.1. The highest BCUT2D eigenvalue weighted by atomic mass is 127. The summed E-state index contributed by atoms with van der Waals surface area (Å²) in [5.74, 6) is 0.207. The number of rotatable bonds is 8. The molecule has 2 aromatic carbocycles. The lowest BCUT2D eigenvalue weighted by Crippen LogP contribution is -2.48. The van der Waals surface area contributed by atoms with Crippen LogP contribution in [0.15, 0.2) is 42.5 Å². The number of methoxy groups -OCH3 is 1. The minimum Gasteiger partial charge on any atom is -0.496 e. The molecule has 10 heteroatoms. The summed E-state index contributed by atoms with van der Waals surface area (Å²) in [4.78, 5) is 24.8. The van der Waals surface area contributed by atoms with Gasteiger partial charge in [0.15, 0.2) is 5.11 Å². The molecule has 0 saturated heterocycles. The maximum atomic E-state index is 12.5. The predicted molar refractivity (Wildman–Crippen MR) is 125 cm³/mol. The van der Waals surface area contributed by atoms with Crippen molar-refractivity contribution in [2.24, 2.45) is 0 Å². The third-order valence-electron chi connectivity index (χ3n) is 3.75. The van der Waals surface area contributed by atoms with E-state index in [-0.39, 0.29) is 5.11 Å². The first-order valence-electron chi connectivity index (χ1n) is 9.01. The topological polar surface area (TPSA) is 97.9 Å². The molecule has 0 bridgehead atoms. The molecule has 0 unspecified atom stereocenters. The van der Waals surface area contributed by atoms with Crippen LogP contribution in [0.25, 0.3) is 0 Å². The molecule has 0 atom stereocenters. The summed E-state index contributed by atoms with van der Waals surface area (Å²) in [6.45, 7) is 3.22. The molecule has 0 aliphatic heterocycles. The molecule has 0 aliphatic carbocycles. The summed E-state index contributed by atoms with van der Waals surface area (Å²) in [6.07, 6.45) is 0. The number of amides is 2. The average molecular weight is 543 g/mol. The van der Waals surface area contributed by atoms with Crippen molar-refractivity contribution in [1.29, 1.82) is 0 Å². The van der Waals surface area contributed by atoms with Crippen LogP contribution in [-0.2, 0) is 4.74 Å². The highest BCUT2D eigenvalue weighted by molar-refractivity contribution is 14.1. The molecule has 0 radical (unpaired) electrons. The molecule has 0 heterocycles. The second-order valence-electron chi connectivity index (χ2n) is 5.75. The number of carbonyl (C=O) groups is 2. The van der Waals surface area contributed by atoms with Crippen LogP contribution in [0.3, 0.4) is 0 Å². The first kappa shape index (κ1) is 23.8. The minimum absolute atomic E-state index is 0.0549. The van der Waals surface area contributed by atoms with Crippen molar-refractivity contribution in [3.63, 3.8) is 0 Å². The lowest BCUT2D eigenvalue weighted by molar-refractivity contribution is 0.0930. The van der Waals surface area contributed by atoms with Gasteiger partial charge in [0.2, 0.25) is 0 Å². The number of halogens is 1. The van der Waals surface area contributed by atoms with Gasteiger partial charge in [-0.1, -0.05) is 12.1 Å². The minimum atomic E-state index is -0.465. The van der Waals surface area contributed by atoms with Crippen molar-refractivity contribution in [2.75, 3.05) is 26.9 Å². The molecule has 8 nitrogen and oxygen atoms in total. The average Bonchev–Trinajstić information content (AvgIpc) is 2.75. The lowest BCUT2D eigenvalue weighted by Gasteiger charge is -2.14. The van der Waals surface area contributed by atoms with E-state index in [2.05, 4.69) is 38.8 Å². The van der Waals surface area contributed by atoms with Crippen molar-refractivity contribution in [1.82, 2.24) is 16.2 Å². The van der Waals surface area contributed by atoms with E-state index in [9.17, 15) is 9.59 Å². The molecule has 160 valence electrons. The largest absolute Gasteiger partial charge is 0.496 e. The van der Waals surface area contributed by atoms with Crippen molar-refractivity contribution in [3.8, 4) is 11.5 Å². The van der Waals surface area contributed by atoms with E-state index in [1.807, 2.05) is 6.92 Å². The Bertz CT molecular complexity index is 910. The van der Waals surface area contributed by atoms with Gasteiger partial charge in [-0.2, -0.15) is 0 Å². The van der Waals surface area contributed by atoms with E-state index in [1.165, 1.54) is 0 Å². The molecule has 2 amide bonds. The van der Waals surface area contributed by atoms with Crippen LogP contribution in [0.4, 0.5) is 0 Å². The smallest absolute Gasteiger partial charge is 0.269 e. The van der Waals surface area contributed by atoms with Gasteiger partial charge in [0.25, 0.3) is 11.8 Å². The molecule has 3 N–H and O–H groups in total. The van der Waals surface area contributed by atoms with Crippen LogP contribution in [0.5, 0.6) is 11.5 Å². The van der Waals surface area contributed by atoms with Crippen LogP contribution < -0.4 is 25.6 Å². The number of hydrogen-bond acceptors (Lipinski definition) is 6. The van der Waals surface area contributed by atoms with Gasteiger partial charge in [0.05, 0.1) is 22.9 Å². The number of thiocarbonyl (C=S) groups is 1. The molecule has 2 aromatic rings. The Labute approximate surface area is 193 Å². The Hall–Kier alpha value is -2.44. The molecule has 0 spiro atoms. The number of carbonyl (C=O) groups excluding carboxylic acids is 2. The van der Waals surface area contributed by atoms with Crippen molar-refractivity contribution in [3.05, 3.63) is 57.2 Å². The zero-order valence-corrected chi connectivity index (χ0v) is 19.5. The summed E-state index contributed by atoms with van der Waals surface area (Å²) in [7, 11) is 1.56. The number of nitrogens with one attached hydrogen (secondary N) is 3. The Morgan fingerprint density at radius 3 is 2.50 bits per heavy atom. The molecule has 0 aliphatic rings. The summed E-state index contributed by atoms with van der Waals surface area (Å²) in [5.41, 5.74) is 5.69. The number of hydrazine groups is 1. The fraction of sp³-hybridized carbons (Fsp3) is 0.250. The van der Waals surface area contributed by atoms with Crippen LogP contribution in [0.2, 0.25) is 0 Å². The van der Waals surface area contributed by atoms with Gasteiger partial charge in [-0.05, 0) is 72.1 Å². The Morgan fingerprint density at radius 2 is 1.80 bits per heavy atom. The summed E-state index contributed by atoms with van der Waals surface area (Å²) < 4.78 is 16.8. The standard InChI is InChI=1S/C20H22IN3O5S/c1-3-28-10-11-29-16-7-5-4-6-14(16)19(26)22-20(30)24-23-18(25)13-8-9-17(27-2)15(21)12-13/h4-9,12H,3,10-11H2,1-2H3,(H,23,25)(H2,22,24,26,30). The zero-order valence-electron chi connectivity index (χ0n) is 16.5. The molecular weight excluding hydrogens is 521 g/mol. The van der Waals surface area contributed by atoms with E-state index in [1.54, 1.807) is 49.6 Å². The zero-order chi connectivity index (χ0) is 21.9. The summed E-state index contributed by atoms with van der Waals surface area (Å²) in [6, 6.07) is 11.8. The number of para-hydroxylation sites is 1. The second-order valence-corrected chi connectivity index (χ2v) is 7.32. The third kappa shape index (κ3) is 7.11. The van der Waals surface area contributed by atoms with Gasteiger partial charge in [0.1, 0.15) is 18.1 Å². The maximum absolute atomic E-state index is 12.5. The monoisotopic (exact) mass is 543 g/mol. The number of hydrogen-bond donors (Lipinski definition) is 3. The quantitative estimate of drug-likeness (QED) is 0.204. The van der Waals surface area contributed by atoms with Gasteiger partial charge in [-0.25, -0.2) is 0 Å². The number of benzene rings is 2. The van der Waals surface area contributed by atoms with Crippen LogP contribution in [0.1, 0.15) is 27.6 Å². The van der Waals surface area contributed by atoms with Crippen LogP contribution in [0, 0.1) is 3.57 Å². The fourth-order valence-electron chi connectivity index (χ4n) is 2.33. The van der Waals surface area contributed by atoms with Gasteiger partial charge in [-0.3, -0.25) is 25.8 Å². The van der Waals surface area contributed by atoms with Gasteiger partial charge < -0.3 is 14.2 Å². The van der Waals surface area contributed by atoms with E-state index >= 15 is 0 Å². The molecule has 2 rings (SSSR count). The van der Waals surface area contributed by atoms with Crippen molar-refractivity contribution >= 4 is 51.7 Å². The molecular formula is C20H22IN3O5S. The van der Waals surface area contributed by atoms with Gasteiger partial charge in [-0.15, -0.1) is 0 Å². The van der Waals surface area contributed by atoms with Crippen molar-refractivity contribution < 1.29 is 23.8 Å². The summed E-state index contributed by atoms with van der Waals surface area (Å²) >= 11 is 7.16. The first-order valence-corrected chi connectivity index (χ1v) is 10.5. The molecule has 0 saturated carbocycles. The highest BCUT2D eigenvalue weighted by Crippen LogP contribution is 2.21. The van der Waals surface area contributed by atoms with Crippen molar-refractivity contribution in [2.45, 2.75) is 6.92 Å². The second kappa shape index (κ2) is 12.3. The summed E-state index contributed by atoms with van der Waals surface area (Å²) in [5, 5.41) is 2.45. The fourth-order valence-corrected chi connectivity index (χ4v) is 3.21. The lowest BCUT2D eigenvalue weighted by atomic mass is 10.2. The molecule has 0 fully saturated rings. The molecule has 30 heavy (non-hydrogen) atoms. The SMILES string of the molecule is CCOCCOc1ccccc1C(=O)NC(=S)NNC(=O)c1ccc(OC)c(I)c1. The van der Waals surface area contributed by atoms with Crippen LogP contribution in [-0.4, -0.2) is 43.9 Å². The maximum Gasteiger partial charge on any atom is 0.269 e. The first-order chi connectivity index (χ1) is 14.5. The van der Waals surface area contributed by atoms with E-state index in [4.69, 9.17) is 26.4 Å². The van der Waals surface area contributed by atoms with E-state index < -0.39 is 11.8 Å². The Morgan fingerprint density at radius 1 is 1.03 bits per heavy atom. The predicted octanol–water partition coefficient (Wildman–Crippen LogP) is 2.66. The third-order valence-corrected chi connectivity index (χ3v) is 4.80. The Balaban J connectivity index is 1.90. The van der Waals surface area contributed by atoms with E-state index in [0.717, 1.165) is 3.57 Å².